The minimum atomic E-state index is -2.89. The van der Waals surface area contributed by atoms with E-state index in [0.717, 1.165) is 11.1 Å². The second-order valence-corrected chi connectivity index (χ2v) is 6.50. The Kier molecular flexibility index (Phi) is 5.07. The van der Waals surface area contributed by atoms with Crippen molar-refractivity contribution in [3.8, 4) is 22.6 Å². The summed E-state index contributed by atoms with van der Waals surface area (Å²) < 4.78 is 35.0. The first-order valence-corrected chi connectivity index (χ1v) is 8.95. The number of aromatic nitrogens is 2. The summed E-state index contributed by atoms with van der Waals surface area (Å²) in [7, 11) is 0. The molecule has 0 fully saturated rings. The van der Waals surface area contributed by atoms with Crippen molar-refractivity contribution in [1.29, 1.82) is 0 Å². The lowest BCUT2D eigenvalue weighted by molar-refractivity contribution is -0.0498. The first kappa shape index (κ1) is 18.8. The van der Waals surface area contributed by atoms with Crippen LogP contribution in [0.2, 0.25) is 0 Å². The summed E-state index contributed by atoms with van der Waals surface area (Å²) in [5.74, 6) is 1.06. The molecule has 0 bridgehead atoms. The summed E-state index contributed by atoms with van der Waals surface area (Å²) in [4.78, 5) is 22.3. The molecule has 6 nitrogen and oxygen atoms in total. The molecule has 2 aromatic carbocycles. The lowest BCUT2D eigenvalue weighted by Gasteiger charge is -2.33. The van der Waals surface area contributed by atoms with E-state index in [0.29, 0.717) is 17.1 Å². The zero-order valence-corrected chi connectivity index (χ0v) is 15.5. The van der Waals surface area contributed by atoms with Gasteiger partial charge in [-0.25, -0.2) is 14.8 Å². The highest BCUT2D eigenvalue weighted by Gasteiger charge is 2.32. The highest BCUT2D eigenvalue weighted by atomic mass is 19.3. The first-order valence-electron chi connectivity index (χ1n) is 8.95. The van der Waals surface area contributed by atoms with E-state index in [1.54, 1.807) is 48.8 Å². The molecule has 0 saturated carbocycles. The van der Waals surface area contributed by atoms with Crippen LogP contribution in [0, 0.1) is 0 Å². The SMILES string of the molecule is CC1c2cc(-c3cccc(OC(F)F)c3)ccc2OC(=O)N1Cc1ncccn1. The van der Waals surface area contributed by atoms with Crippen LogP contribution in [0.25, 0.3) is 11.1 Å². The smallest absolute Gasteiger partial charge is 0.416 e. The van der Waals surface area contributed by atoms with Gasteiger partial charge in [0.15, 0.2) is 0 Å². The minimum absolute atomic E-state index is 0.0811. The normalized spacial score (nSPS) is 15.8. The van der Waals surface area contributed by atoms with Crippen LogP contribution in [-0.4, -0.2) is 27.6 Å². The van der Waals surface area contributed by atoms with Gasteiger partial charge in [0.05, 0.1) is 12.6 Å². The Hall–Kier alpha value is -3.55. The van der Waals surface area contributed by atoms with Gasteiger partial charge in [-0.2, -0.15) is 8.78 Å². The number of rotatable bonds is 5. The number of hydrogen-bond donors (Lipinski definition) is 0. The van der Waals surface area contributed by atoms with E-state index >= 15 is 0 Å². The Morgan fingerprint density at radius 1 is 1.10 bits per heavy atom. The number of fused-ring (bicyclic) bond motifs is 1. The molecule has 1 amide bonds. The average Bonchev–Trinajstić information content (AvgIpc) is 2.71. The molecule has 0 aliphatic carbocycles. The third kappa shape index (κ3) is 4.01. The van der Waals surface area contributed by atoms with Crippen molar-refractivity contribution in [3.05, 3.63) is 72.3 Å². The van der Waals surface area contributed by atoms with Crippen molar-refractivity contribution in [2.45, 2.75) is 26.1 Å². The molecule has 4 rings (SSSR count). The Balaban J connectivity index is 1.64. The van der Waals surface area contributed by atoms with Crippen LogP contribution in [0.4, 0.5) is 13.6 Å². The van der Waals surface area contributed by atoms with Crippen molar-refractivity contribution >= 4 is 6.09 Å². The van der Waals surface area contributed by atoms with Crippen LogP contribution >= 0.6 is 0 Å². The topological polar surface area (TPSA) is 64.6 Å². The molecular formula is C21H17F2N3O3. The molecule has 0 spiro atoms. The molecule has 0 saturated heterocycles. The van der Waals surface area contributed by atoms with Crippen molar-refractivity contribution in [3.63, 3.8) is 0 Å². The van der Waals surface area contributed by atoms with E-state index in [9.17, 15) is 13.6 Å². The molecule has 0 radical (unpaired) electrons. The molecule has 29 heavy (non-hydrogen) atoms. The van der Waals surface area contributed by atoms with Gasteiger partial charge in [-0.1, -0.05) is 18.2 Å². The average molecular weight is 397 g/mol. The Labute approximate surface area is 165 Å². The second-order valence-electron chi connectivity index (χ2n) is 6.50. The van der Waals surface area contributed by atoms with Gasteiger partial charge in [-0.3, -0.25) is 4.90 Å². The molecule has 8 heteroatoms. The highest BCUT2D eigenvalue weighted by Crippen LogP contribution is 2.38. The van der Waals surface area contributed by atoms with Crippen LogP contribution < -0.4 is 9.47 Å². The third-order valence-corrected chi connectivity index (χ3v) is 4.68. The van der Waals surface area contributed by atoms with Gasteiger partial charge in [-0.15, -0.1) is 0 Å². The van der Waals surface area contributed by atoms with E-state index in [4.69, 9.17) is 4.74 Å². The number of hydrogen-bond acceptors (Lipinski definition) is 5. The van der Waals surface area contributed by atoms with E-state index < -0.39 is 12.7 Å². The van der Waals surface area contributed by atoms with E-state index in [-0.39, 0.29) is 18.3 Å². The van der Waals surface area contributed by atoms with Crippen molar-refractivity contribution < 1.29 is 23.0 Å². The van der Waals surface area contributed by atoms with Gasteiger partial charge < -0.3 is 9.47 Å². The molecule has 148 valence electrons. The van der Waals surface area contributed by atoms with Crippen molar-refractivity contribution in [1.82, 2.24) is 14.9 Å². The monoisotopic (exact) mass is 397 g/mol. The maximum atomic E-state index is 12.5. The van der Waals surface area contributed by atoms with E-state index in [2.05, 4.69) is 14.7 Å². The number of ether oxygens (including phenoxy) is 2. The number of carbonyl (C=O) groups is 1. The lowest BCUT2D eigenvalue weighted by atomic mass is 9.97. The van der Waals surface area contributed by atoms with Gasteiger partial charge in [0.1, 0.15) is 17.3 Å². The fourth-order valence-corrected chi connectivity index (χ4v) is 3.24. The third-order valence-electron chi connectivity index (χ3n) is 4.68. The number of alkyl halides is 2. The molecule has 2 heterocycles. The fraction of sp³-hybridized carbons (Fsp3) is 0.190. The molecular weight excluding hydrogens is 380 g/mol. The lowest BCUT2D eigenvalue weighted by Crippen LogP contribution is -2.39. The van der Waals surface area contributed by atoms with Gasteiger partial charge in [-0.05, 0) is 48.4 Å². The number of halogens is 2. The molecule has 1 atom stereocenters. The van der Waals surface area contributed by atoms with Crippen LogP contribution in [0.3, 0.4) is 0 Å². The van der Waals surface area contributed by atoms with Crippen LogP contribution in [0.5, 0.6) is 11.5 Å². The molecule has 1 aromatic heterocycles. The predicted octanol–water partition coefficient (Wildman–Crippen LogP) is 4.82. The summed E-state index contributed by atoms with van der Waals surface area (Å²) in [6.45, 7) is -0.785. The van der Waals surface area contributed by atoms with Gasteiger partial charge >= 0.3 is 12.7 Å². The summed E-state index contributed by atoms with van der Waals surface area (Å²) in [6, 6.07) is 13.2. The Morgan fingerprint density at radius 2 is 1.86 bits per heavy atom. The minimum Gasteiger partial charge on any atom is -0.435 e. The maximum absolute atomic E-state index is 12.5. The Bertz CT molecular complexity index is 1030. The molecule has 1 unspecified atom stereocenters. The highest BCUT2D eigenvalue weighted by molar-refractivity contribution is 5.76. The summed E-state index contributed by atoms with van der Waals surface area (Å²) in [6.07, 6.45) is 2.75. The number of amides is 1. The first-order chi connectivity index (χ1) is 14.0. The van der Waals surface area contributed by atoms with Crippen LogP contribution in [0.1, 0.15) is 24.4 Å². The van der Waals surface area contributed by atoms with E-state index in [1.807, 2.05) is 13.0 Å². The van der Waals surface area contributed by atoms with Gasteiger partial charge in [0.25, 0.3) is 0 Å². The maximum Gasteiger partial charge on any atom is 0.416 e. The zero-order chi connectivity index (χ0) is 20.4. The molecule has 1 aliphatic rings. The number of benzene rings is 2. The van der Waals surface area contributed by atoms with Gasteiger partial charge in [0.2, 0.25) is 0 Å². The number of carbonyl (C=O) groups excluding carboxylic acids is 1. The van der Waals surface area contributed by atoms with Crippen LogP contribution in [-0.2, 0) is 6.54 Å². The fourth-order valence-electron chi connectivity index (χ4n) is 3.24. The van der Waals surface area contributed by atoms with Crippen molar-refractivity contribution in [2.24, 2.45) is 0 Å². The van der Waals surface area contributed by atoms with Crippen LogP contribution in [0.15, 0.2) is 60.9 Å². The predicted molar refractivity (Wildman–Crippen MR) is 101 cm³/mol. The standard InChI is InChI=1S/C21H17F2N3O3/c1-13-17-11-15(14-4-2-5-16(10-14)28-20(22)23)6-7-18(17)29-21(27)26(13)12-19-24-8-3-9-25-19/h2-11,13,20H,12H2,1H3. The summed E-state index contributed by atoms with van der Waals surface area (Å²) in [5.41, 5.74) is 2.32. The molecule has 3 aromatic rings. The summed E-state index contributed by atoms with van der Waals surface area (Å²) >= 11 is 0. The Morgan fingerprint density at radius 3 is 2.62 bits per heavy atom. The molecule has 1 aliphatic heterocycles. The second kappa shape index (κ2) is 7.83. The van der Waals surface area contributed by atoms with Crippen molar-refractivity contribution in [2.75, 3.05) is 0 Å². The largest absolute Gasteiger partial charge is 0.435 e. The molecule has 0 N–H and O–H groups in total. The van der Waals surface area contributed by atoms with Gasteiger partial charge in [0, 0.05) is 18.0 Å². The zero-order valence-electron chi connectivity index (χ0n) is 15.5. The quantitative estimate of drug-likeness (QED) is 0.618. The number of nitrogens with zero attached hydrogens (tertiary/aromatic N) is 3. The summed E-state index contributed by atoms with van der Waals surface area (Å²) in [5, 5.41) is 0. The van der Waals surface area contributed by atoms with E-state index in [1.165, 1.54) is 11.0 Å².